The summed E-state index contributed by atoms with van der Waals surface area (Å²) in [5, 5.41) is 7.80. The molecule has 3 nitrogen and oxygen atoms in total. The minimum absolute atomic E-state index is 0.158. The van der Waals surface area contributed by atoms with E-state index in [1.165, 1.54) is 6.42 Å². The summed E-state index contributed by atoms with van der Waals surface area (Å²) in [5.74, 6) is 0. The van der Waals surface area contributed by atoms with Crippen molar-refractivity contribution in [3.05, 3.63) is 24.0 Å². The van der Waals surface area contributed by atoms with Crippen molar-refractivity contribution in [3.8, 4) is 0 Å². The molecule has 3 heteroatoms. The lowest BCUT2D eigenvalue weighted by Gasteiger charge is -2.36. The maximum Gasteiger partial charge on any atom is 0.0829 e. The first kappa shape index (κ1) is 6.73. The van der Waals surface area contributed by atoms with Crippen LogP contribution >= 0.6 is 0 Å². The van der Waals surface area contributed by atoms with Crippen LogP contribution in [0.5, 0.6) is 0 Å². The van der Waals surface area contributed by atoms with Crippen LogP contribution in [-0.2, 0) is 5.54 Å². The van der Waals surface area contributed by atoms with Gasteiger partial charge in [-0.1, -0.05) is 0 Å². The van der Waals surface area contributed by atoms with E-state index in [4.69, 9.17) is 5.73 Å². The summed E-state index contributed by atoms with van der Waals surface area (Å²) < 4.78 is 0. The summed E-state index contributed by atoms with van der Waals surface area (Å²) in [7, 11) is 0. The Kier molecular flexibility index (Phi) is 1.39. The average Bonchev–Trinajstić information content (AvgIpc) is 2.02. The minimum Gasteiger partial charge on any atom is -0.320 e. The molecular weight excluding hydrogens is 138 g/mol. The molecule has 1 aromatic heterocycles. The van der Waals surface area contributed by atoms with Crippen LogP contribution in [0.15, 0.2) is 18.3 Å². The van der Waals surface area contributed by atoms with Gasteiger partial charge in [0.2, 0.25) is 0 Å². The first-order chi connectivity index (χ1) is 5.31. The van der Waals surface area contributed by atoms with E-state index >= 15 is 0 Å². The zero-order valence-corrected chi connectivity index (χ0v) is 6.33. The summed E-state index contributed by atoms with van der Waals surface area (Å²) in [6.07, 6.45) is 4.98. The second kappa shape index (κ2) is 2.27. The topological polar surface area (TPSA) is 51.8 Å². The summed E-state index contributed by atoms with van der Waals surface area (Å²) >= 11 is 0. The molecule has 1 heterocycles. The smallest absolute Gasteiger partial charge is 0.0829 e. The lowest BCUT2D eigenvalue weighted by Crippen LogP contribution is -2.44. The Morgan fingerprint density at radius 2 is 2.27 bits per heavy atom. The Morgan fingerprint density at radius 3 is 2.73 bits per heavy atom. The van der Waals surface area contributed by atoms with Crippen molar-refractivity contribution in [1.29, 1.82) is 0 Å². The van der Waals surface area contributed by atoms with Gasteiger partial charge in [0.05, 0.1) is 11.2 Å². The zero-order chi connectivity index (χ0) is 7.73. The molecule has 0 saturated heterocycles. The highest BCUT2D eigenvalue weighted by molar-refractivity contribution is 5.15. The van der Waals surface area contributed by atoms with Gasteiger partial charge in [0.25, 0.3) is 0 Å². The number of hydrogen-bond donors (Lipinski definition) is 1. The summed E-state index contributed by atoms with van der Waals surface area (Å²) in [6, 6.07) is 3.83. The van der Waals surface area contributed by atoms with E-state index < -0.39 is 0 Å². The highest BCUT2D eigenvalue weighted by Gasteiger charge is 2.35. The van der Waals surface area contributed by atoms with Crippen molar-refractivity contribution in [1.82, 2.24) is 10.2 Å². The van der Waals surface area contributed by atoms with Crippen LogP contribution in [0.25, 0.3) is 0 Å². The molecule has 0 amide bonds. The van der Waals surface area contributed by atoms with Gasteiger partial charge in [0.15, 0.2) is 0 Å². The van der Waals surface area contributed by atoms with Gasteiger partial charge in [-0.3, -0.25) is 0 Å². The van der Waals surface area contributed by atoms with Crippen LogP contribution in [0.4, 0.5) is 0 Å². The third-order valence-corrected chi connectivity index (χ3v) is 2.33. The third-order valence-electron chi connectivity index (χ3n) is 2.33. The Bertz CT molecular complexity index is 241. The van der Waals surface area contributed by atoms with Crippen molar-refractivity contribution in [2.45, 2.75) is 24.8 Å². The van der Waals surface area contributed by atoms with Crippen LogP contribution in [0.2, 0.25) is 0 Å². The van der Waals surface area contributed by atoms with Crippen molar-refractivity contribution < 1.29 is 0 Å². The Hall–Kier alpha value is -0.960. The molecular formula is C8H11N3. The van der Waals surface area contributed by atoms with Crippen molar-refractivity contribution in [2.24, 2.45) is 5.73 Å². The fourth-order valence-corrected chi connectivity index (χ4v) is 1.38. The van der Waals surface area contributed by atoms with E-state index in [0.717, 1.165) is 18.5 Å². The van der Waals surface area contributed by atoms with E-state index in [-0.39, 0.29) is 5.54 Å². The van der Waals surface area contributed by atoms with Crippen molar-refractivity contribution in [3.63, 3.8) is 0 Å². The molecule has 0 aromatic carbocycles. The first-order valence-corrected chi connectivity index (χ1v) is 3.88. The maximum atomic E-state index is 6.02. The minimum atomic E-state index is -0.158. The molecule has 2 rings (SSSR count). The molecule has 2 N–H and O–H groups in total. The Balaban J connectivity index is 2.29. The molecule has 0 aliphatic heterocycles. The number of nitrogens with zero attached hydrogens (tertiary/aromatic N) is 2. The summed E-state index contributed by atoms with van der Waals surface area (Å²) in [5.41, 5.74) is 6.80. The average molecular weight is 149 g/mol. The van der Waals surface area contributed by atoms with Gasteiger partial charge in [0, 0.05) is 6.20 Å². The lowest BCUT2D eigenvalue weighted by atomic mass is 9.75. The van der Waals surface area contributed by atoms with Crippen LogP contribution in [0.1, 0.15) is 25.0 Å². The second-order valence-electron chi connectivity index (χ2n) is 3.12. The van der Waals surface area contributed by atoms with E-state index in [9.17, 15) is 0 Å². The molecule has 1 aliphatic rings. The molecule has 0 unspecified atom stereocenters. The fourth-order valence-electron chi connectivity index (χ4n) is 1.38. The molecule has 11 heavy (non-hydrogen) atoms. The molecule has 0 spiro atoms. The van der Waals surface area contributed by atoms with Crippen molar-refractivity contribution >= 4 is 0 Å². The van der Waals surface area contributed by atoms with E-state index in [1.807, 2.05) is 12.1 Å². The molecule has 1 fully saturated rings. The molecule has 0 radical (unpaired) electrons. The van der Waals surface area contributed by atoms with Gasteiger partial charge >= 0.3 is 0 Å². The quantitative estimate of drug-likeness (QED) is 0.643. The van der Waals surface area contributed by atoms with Crippen LogP contribution in [-0.4, -0.2) is 10.2 Å². The highest BCUT2D eigenvalue weighted by atomic mass is 15.1. The van der Waals surface area contributed by atoms with Gasteiger partial charge in [-0.25, -0.2) is 0 Å². The van der Waals surface area contributed by atoms with Crippen molar-refractivity contribution in [2.75, 3.05) is 0 Å². The van der Waals surface area contributed by atoms with Gasteiger partial charge in [-0.2, -0.15) is 10.2 Å². The van der Waals surface area contributed by atoms with Gasteiger partial charge < -0.3 is 5.73 Å². The van der Waals surface area contributed by atoms with E-state index in [2.05, 4.69) is 10.2 Å². The third kappa shape index (κ3) is 1.01. The molecule has 1 saturated carbocycles. The zero-order valence-electron chi connectivity index (χ0n) is 6.33. The molecule has 0 atom stereocenters. The lowest BCUT2D eigenvalue weighted by molar-refractivity contribution is 0.244. The van der Waals surface area contributed by atoms with E-state index in [0.29, 0.717) is 0 Å². The standard InChI is InChI=1S/C8H11N3/c9-8(4-2-5-8)7-3-1-6-10-11-7/h1,3,6H,2,4-5,9H2. The summed E-state index contributed by atoms with van der Waals surface area (Å²) in [4.78, 5) is 0. The summed E-state index contributed by atoms with van der Waals surface area (Å²) in [6.45, 7) is 0. The predicted octanol–water partition coefficient (Wildman–Crippen LogP) is 0.814. The highest BCUT2D eigenvalue weighted by Crippen LogP contribution is 2.36. The first-order valence-electron chi connectivity index (χ1n) is 3.88. The van der Waals surface area contributed by atoms with Gasteiger partial charge in [-0.15, -0.1) is 0 Å². The second-order valence-corrected chi connectivity index (χ2v) is 3.12. The largest absolute Gasteiger partial charge is 0.320 e. The normalized spacial score (nSPS) is 20.8. The molecule has 0 bridgehead atoms. The molecule has 58 valence electrons. The van der Waals surface area contributed by atoms with Crippen LogP contribution in [0.3, 0.4) is 0 Å². The number of hydrogen-bond acceptors (Lipinski definition) is 3. The van der Waals surface area contributed by atoms with Crippen LogP contribution < -0.4 is 5.73 Å². The monoisotopic (exact) mass is 149 g/mol. The molecule has 1 aromatic rings. The number of rotatable bonds is 1. The number of aromatic nitrogens is 2. The van der Waals surface area contributed by atoms with Crippen LogP contribution in [0, 0.1) is 0 Å². The maximum absolute atomic E-state index is 6.02. The Morgan fingerprint density at radius 1 is 1.45 bits per heavy atom. The predicted molar refractivity (Wildman–Crippen MR) is 41.7 cm³/mol. The van der Waals surface area contributed by atoms with Gasteiger partial charge in [-0.05, 0) is 31.4 Å². The van der Waals surface area contributed by atoms with E-state index in [1.54, 1.807) is 6.20 Å². The molecule has 1 aliphatic carbocycles. The Labute approximate surface area is 65.6 Å². The fraction of sp³-hybridized carbons (Fsp3) is 0.500. The SMILES string of the molecule is NC1(c2cccnn2)CCC1. The number of nitrogens with two attached hydrogens (primary N) is 1. The van der Waals surface area contributed by atoms with Gasteiger partial charge in [0.1, 0.15) is 0 Å².